The van der Waals surface area contributed by atoms with Gasteiger partial charge >= 0.3 is 0 Å². The van der Waals surface area contributed by atoms with Gasteiger partial charge in [-0.2, -0.15) is 0 Å². The Bertz CT molecular complexity index is 357. The quantitative estimate of drug-likeness (QED) is 0.743. The normalized spacial score (nSPS) is 12.3. The van der Waals surface area contributed by atoms with E-state index in [4.69, 9.17) is 4.74 Å². The van der Waals surface area contributed by atoms with E-state index in [0.717, 1.165) is 32.8 Å². The fourth-order valence-corrected chi connectivity index (χ4v) is 2.75. The van der Waals surface area contributed by atoms with Crippen LogP contribution in [0.25, 0.3) is 0 Å². The minimum absolute atomic E-state index is 0.267. The first-order valence-electron chi connectivity index (χ1n) is 6.91. The predicted molar refractivity (Wildman–Crippen MR) is 84.1 cm³/mol. The molecule has 0 spiro atoms. The number of ether oxygens (including phenoxy) is 1. The maximum absolute atomic E-state index is 5.06. The van der Waals surface area contributed by atoms with Gasteiger partial charge in [-0.15, -0.1) is 11.3 Å². The fourth-order valence-electron chi connectivity index (χ4n) is 1.72. The van der Waals surface area contributed by atoms with E-state index in [-0.39, 0.29) is 5.41 Å². The molecule has 0 aliphatic heterocycles. The molecule has 0 unspecified atom stereocenters. The zero-order chi connectivity index (χ0) is 14.3. The minimum atomic E-state index is 0.267. The summed E-state index contributed by atoms with van der Waals surface area (Å²) in [6.07, 6.45) is 0. The predicted octanol–water partition coefficient (Wildman–Crippen LogP) is 2.71. The van der Waals surface area contributed by atoms with Crippen molar-refractivity contribution in [2.24, 2.45) is 0 Å². The molecule has 1 aromatic rings. The minimum Gasteiger partial charge on any atom is -0.383 e. The van der Waals surface area contributed by atoms with E-state index in [1.54, 1.807) is 7.11 Å². The molecule has 3 nitrogen and oxygen atoms in total. The highest BCUT2D eigenvalue weighted by Gasteiger charge is 2.15. The summed E-state index contributed by atoms with van der Waals surface area (Å²) in [5, 5.41) is 3.50. The molecule has 1 rings (SSSR count). The lowest BCUT2D eigenvalue weighted by atomic mass is 9.95. The van der Waals surface area contributed by atoms with Crippen LogP contribution >= 0.6 is 11.3 Å². The number of rotatable bonds is 8. The van der Waals surface area contributed by atoms with Crippen LogP contribution in [0, 0.1) is 0 Å². The van der Waals surface area contributed by atoms with Crippen LogP contribution in [0.4, 0.5) is 0 Å². The molecule has 0 saturated heterocycles. The third-order valence-electron chi connectivity index (χ3n) is 3.05. The molecule has 0 amide bonds. The first-order valence-corrected chi connectivity index (χ1v) is 7.72. The SMILES string of the molecule is COCCN(C)CCNCc1ccc(C(C)(C)C)s1. The molecular formula is C15H28N2OS. The number of nitrogens with one attached hydrogen (secondary N) is 1. The van der Waals surface area contributed by atoms with E-state index >= 15 is 0 Å². The van der Waals surface area contributed by atoms with Crippen LogP contribution in [0.2, 0.25) is 0 Å². The van der Waals surface area contributed by atoms with E-state index in [9.17, 15) is 0 Å². The maximum atomic E-state index is 5.06. The fraction of sp³-hybridized carbons (Fsp3) is 0.733. The van der Waals surface area contributed by atoms with Crippen molar-refractivity contribution in [3.05, 3.63) is 21.9 Å². The molecule has 110 valence electrons. The molecule has 0 radical (unpaired) electrons. The average Bonchev–Trinajstić information content (AvgIpc) is 2.80. The summed E-state index contributed by atoms with van der Waals surface area (Å²) in [7, 11) is 3.87. The summed E-state index contributed by atoms with van der Waals surface area (Å²) < 4.78 is 5.06. The van der Waals surface area contributed by atoms with Gasteiger partial charge < -0.3 is 15.0 Å². The highest BCUT2D eigenvalue weighted by atomic mass is 32.1. The molecule has 0 atom stereocenters. The van der Waals surface area contributed by atoms with E-state index in [1.165, 1.54) is 9.75 Å². The average molecular weight is 284 g/mol. The number of hydrogen-bond donors (Lipinski definition) is 1. The number of likely N-dealkylation sites (N-methyl/N-ethyl adjacent to an activating group) is 1. The van der Waals surface area contributed by atoms with Gasteiger partial charge in [0.15, 0.2) is 0 Å². The molecule has 0 fully saturated rings. The van der Waals surface area contributed by atoms with Crippen molar-refractivity contribution in [2.45, 2.75) is 32.7 Å². The van der Waals surface area contributed by atoms with Gasteiger partial charge in [-0.25, -0.2) is 0 Å². The molecule has 19 heavy (non-hydrogen) atoms. The van der Waals surface area contributed by atoms with Crippen LogP contribution in [0.5, 0.6) is 0 Å². The summed E-state index contributed by atoms with van der Waals surface area (Å²) in [4.78, 5) is 5.16. The Hall–Kier alpha value is -0.420. The first kappa shape index (κ1) is 16.6. The number of nitrogens with zero attached hydrogens (tertiary/aromatic N) is 1. The zero-order valence-corrected chi connectivity index (χ0v) is 13.8. The van der Waals surface area contributed by atoms with E-state index in [2.05, 4.69) is 50.2 Å². The topological polar surface area (TPSA) is 24.5 Å². The molecule has 0 aliphatic rings. The second-order valence-corrected chi connectivity index (χ2v) is 7.16. The van der Waals surface area contributed by atoms with Crippen molar-refractivity contribution in [1.29, 1.82) is 0 Å². The molecule has 0 saturated carbocycles. The van der Waals surface area contributed by atoms with Crippen LogP contribution in [-0.4, -0.2) is 45.3 Å². The smallest absolute Gasteiger partial charge is 0.0589 e. The van der Waals surface area contributed by atoms with Crippen LogP contribution in [0.15, 0.2) is 12.1 Å². The van der Waals surface area contributed by atoms with E-state index in [1.807, 2.05) is 11.3 Å². The molecule has 0 aromatic carbocycles. The highest BCUT2D eigenvalue weighted by molar-refractivity contribution is 7.12. The van der Waals surface area contributed by atoms with Crippen molar-refractivity contribution >= 4 is 11.3 Å². The highest BCUT2D eigenvalue weighted by Crippen LogP contribution is 2.29. The molecule has 0 bridgehead atoms. The van der Waals surface area contributed by atoms with Gasteiger partial charge in [0, 0.05) is 43.0 Å². The molecular weight excluding hydrogens is 256 g/mol. The van der Waals surface area contributed by atoms with Gasteiger partial charge in [0.05, 0.1) is 6.61 Å². The van der Waals surface area contributed by atoms with Crippen LogP contribution in [0.3, 0.4) is 0 Å². The van der Waals surface area contributed by atoms with Crippen LogP contribution in [-0.2, 0) is 16.7 Å². The Morgan fingerprint density at radius 1 is 1.26 bits per heavy atom. The summed E-state index contributed by atoms with van der Waals surface area (Å²) in [6.45, 7) is 11.6. The Kier molecular flexibility index (Phi) is 7.00. The maximum Gasteiger partial charge on any atom is 0.0589 e. The molecule has 4 heteroatoms. The number of thiophene rings is 1. The Balaban J connectivity index is 2.21. The Morgan fingerprint density at radius 3 is 2.58 bits per heavy atom. The molecule has 1 aromatic heterocycles. The number of methoxy groups -OCH3 is 1. The zero-order valence-electron chi connectivity index (χ0n) is 13.0. The standard InChI is InChI=1S/C15H28N2OS/c1-15(2,3)14-7-6-13(19-14)12-16-8-9-17(4)10-11-18-5/h6-7,16H,8-12H2,1-5H3. The van der Waals surface area contributed by atoms with Crippen molar-refractivity contribution in [2.75, 3.05) is 40.4 Å². The lowest BCUT2D eigenvalue weighted by Gasteiger charge is -2.16. The largest absolute Gasteiger partial charge is 0.383 e. The van der Waals surface area contributed by atoms with Crippen LogP contribution in [0.1, 0.15) is 30.5 Å². The molecule has 0 aliphatic carbocycles. The van der Waals surface area contributed by atoms with Crippen molar-refractivity contribution < 1.29 is 4.74 Å². The second-order valence-electron chi connectivity index (χ2n) is 5.99. The lowest BCUT2D eigenvalue weighted by Crippen LogP contribution is -2.31. The third-order valence-corrected chi connectivity index (χ3v) is 4.56. The Morgan fingerprint density at radius 2 is 2.00 bits per heavy atom. The van der Waals surface area contributed by atoms with Gasteiger partial charge in [0.25, 0.3) is 0 Å². The van der Waals surface area contributed by atoms with Gasteiger partial charge in [-0.05, 0) is 24.6 Å². The lowest BCUT2D eigenvalue weighted by molar-refractivity contribution is 0.161. The summed E-state index contributed by atoms with van der Waals surface area (Å²) >= 11 is 1.92. The van der Waals surface area contributed by atoms with Crippen molar-refractivity contribution in [3.8, 4) is 0 Å². The van der Waals surface area contributed by atoms with Gasteiger partial charge in [-0.1, -0.05) is 20.8 Å². The third kappa shape index (κ3) is 6.52. The molecule has 1 heterocycles. The van der Waals surface area contributed by atoms with E-state index < -0.39 is 0 Å². The Labute approximate surface area is 122 Å². The summed E-state index contributed by atoms with van der Waals surface area (Å²) in [6, 6.07) is 4.50. The van der Waals surface area contributed by atoms with Crippen LogP contribution < -0.4 is 5.32 Å². The van der Waals surface area contributed by atoms with Gasteiger partial charge in [-0.3, -0.25) is 0 Å². The number of hydrogen-bond acceptors (Lipinski definition) is 4. The molecule has 1 N–H and O–H groups in total. The first-order chi connectivity index (χ1) is 8.93. The van der Waals surface area contributed by atoms with E-state index in [0.29, 0.717) is 0 Å². The second kappa shape index (κ2) is 8.00. The summed E-state index contributed by atoms with van der Waals surface area (Å²) in [5.74, 6) is 0. The summed E-state index contributed by atoms with van der Waals surface area (Å²) in [5.41, 5.74) is 0.267. The van der Waals surface area contributed by atoms with Gasteiger partial charge in [0.2, 0.25) is 0 Å². The van der Waals surface area contributed by atoms with Gasteiger partial charge in [0.1, 0.15) is 0 Å². The monoisotopic (exact) mass is 284 g/mol. The van der Waals surface area contributed by atoms with Crippen molar-refractivity contribution in [1.82, 2.24) is 10.2 Å². The van der Waals surface area contributed by atoms with Crippen molar-refractivity contribution in [3.63, 3.8) is 0 Å².